The van der Waals surface area contributed by atoms with E-state index in [2.05, 4.69) is 60.4 Å². The van der Waals surface area contributed by atoms with Gasteiger partial charge in [-0.1, -0.05) is 39.8 Å². The summed E-state index contributed by atoms with van der Waals surface area (Å²) in [6, 6.07) is 8.81. The number of likely N-dealkylation sites (tertiary alicyclic amines) is 1. The molecule has 0 atom stereocenters. The quantitative estimate of drug-likeness (QED) is 0.338. The predicted molar refractivity (Wildman–Crippen MR) is 130 cm³/mol. The lowest BCUT2D eigenvalue weighted by atomic mass is 9.84. The zero-order valence-corrected chi connectivity index (χ0v) is 20.7. The Kier molecular flexibility index (Phi) is 10.6. The standard InChI is InChI=1S/C22H38N4O.HI/c1-17(2)15-26-12-10-19(11-13-26)25-21(23-5)24-16-22(3,4)18-8-7-9-20(14-18)27-6;/h7-9,14,17,19H,10-13,15-16H2,1-6H3,(H2,23,24,25);1H. The molecule has 0 bridgehead atoms. The molecule has 0 spiro atoms. The molecule has 5 nitrogen and oxygen atoms in total. The molecule has 0 aromatic heterocycles. The van der Waals surface area contributed by atoms with E-state index < -0.39 is 0 Å². The minimum Gasteiger partial charge on any atom is -0.497 e. The number of nitrogens with zero attached hydrogens (tertiary/aromatic N) is 2. The minimum atomic E-state index is -0.0210. The van der Waals surface area contributed by atoms with Crippen molar-refractivity contribution < 1.29 is 4.74 Å². The van der Waals surface area contributed by atoms with Crippen LogP contribution < -0.4 is 15.4 Å². The Hall–Kier alpha value is -1.02. The Morgan fingerprint density at radius 3 is 2.54 bits per heavy atom. The summed E-state index contributed by atoms with van der Waals surface area (Å²) in [5, 5.41) is 7.13. The first-order valence-corrected chi connectivity index (χ1v) is 10.2. The molecule has 1 aromatic rings. The summed E-state index contributed by atoms with van der Waals surface area (Å²) >= 11 is 0. The van der Waals surface area contributed by atoms with Gasteiger partial charge < -0.3 is 20.3 Å². The largest absolute Gasteiger partial charge is 0.497 e. The van der Waals surface area contributed by atoms with Crippen molar-refractivity contribution in [2.45, 2.75) is 52.0 Å². The number of aliphatic imine (C=N–C) groups is 1. The van der Waals surface area contributed by atoms with Gasteiger partial charge in [0.05, 0.1) is 7.11 Å². The van der Waals surface area contributed by atoms with Crippen molar-refractivity contribution in [3.05, 3.63) is 29.8 Å². The van der Waals surface area contributed by atoms with Gasteiger partial charge in [-0.05, 0) is 36.5 Å². The molecule has 2 N–H and O–H groups in total. The second-order valence-corrected chi connectivity index (χ2v) is 8.65. The average Bonchev–Trinajstić information content (AvgIpc) is 2.66. The van der Waals surface area contributed by atoms with Crippen LogP contribution in [-0.4, -0.2) is 57.2 Å². The molecule has 1 aliphatic heterocycles. The van der Waals surface area contributed by atoms with Crippen LogP contribution in [-0.2, 0) is 5.41 Å². The topological polar surface area (TPSA) is 48.9 Å². The second-order valence-electron chi connectivity index (χ2n) is 8.65. The van der Waals surface area contributed by atoms with Crippen LogP contribution in [0.3, 0.4) is 0 Å². The third-order valence-electron chi connectivity index (χ3n) is 5.32. The molecule has 6 heteroatoms. The van der Waals surface area contributed by atoms with Gasteiger partial charge in [0, 0.05) is 44.7 Å². The molecule has 1 saturated heterocycles. The van der Waals surface area contributed by atoms with E-state index in [0.29, 0.717) is 6.04 Å². The highest BCUT2D eigenvalue weighted by Gasteiger charge is 2.23. The lowest BCUT2D eigenvalue weighted by molar-refractivity contribution is 0.187. The van der Waals surface area contributed by atoms with Crippen LogP contribution in [0.1, 0.15) is 46.1 Å². The van der Waals surface area contributed by atoms with Crippen molar-refractivity contribution in [1.82, 2.24) is 15.5 Å². The highest BCUT2D eigenvalue weighted by molar-refractivity contribution is 14.0. The maximum Gasteiger partial charge on any atom is 0.191 e. The van der Waals surface area contributed by atoms with Crippen molar-refractivity contribution in [3.8, 4) is 5.75 Å². The molecular weight excluding hydrogens is 463 g/mol. The van der Waals surface area contributed by atoms with Gasteiger partial charge in [0.2, 0.25) is 0 Å². The van der Waals surface area contributed by atoms with E-state index in [9.17, 15) is 0 Å². The SMILES string of the molecule is CN=C(NCC(C)(C)c1cccc(OC)c1)NC1CCN(CC(C)C)CC1.I. The van der Waals surface area contributed by atoms with Crippen LogP contribution in [0.25, 0.3) is 0 Å². The van der Waals surface area contributed by atoms with E-state index in [1.807, 2.05) is 19.2 Å². The van der Waals surface area contributed by atoms with Crippen LogP contribution in [0.2, 0.25) is 0 Å². The fourth-order valence-corrected chi connectivity index (χ4v) is 3.62. The van der Waals surface area contributed by atoms with Gasteiger partial charge in [-0.15, -0.1) is 24.0 Å². The first-order valence-electron chi connectivity index (χ1n) is 10.2. The summed E-state index contributed by atoms with van der Waals surface area (Å²) in [5.41, 5.74) is 1.24. The van der Waals surface area contributed by atoms with Gasteiger partial charge in [0.25, 0.3) is 0 Å². The normalized spacial score (nSPS) is 16.6. The second kappa shape index (κ2) is 11.9. The predicted octanol–water partition coefficient (Wildman–Crippen LogP) is 3.88. The molecule has 0 amide bonds. The van der Waals surface area contributed by atoms with Crippen LogP contribution in [0.5, 0.6) is 5.75 Å². The summed E-state index contributed by atoms with van der Waals surface area (Å²) in [6.07, 6.45) is 2.35. The Bertz CT molecular complexity index is 610. The molecule has 0 aliphatic carbocycles. The molecule has 0 saturated carbocycles. The number of hydrogen-bond acceptors (Lipinski definition) is 3. The molecule has 28 heavy (non-hydrogen) atoms. The highest BCUT2D eigenvalue weighted by Crippen LogP contribution is 2.25. The molecule has 0 unspecified atom stereocenters. The number of guanidine groups is 1. The van der Waals surface area contributed by atoms with E-state index in [1.165, 1.54) is 38.0 Å². The van der Waals surface area contributed by atoms with E-state index in [-0.39, 0.29) is 29.4 Å². The van der Waals surface area contributed by atoms with Gasteiger partial charge in [-0.2, -0.15) is 0 Å². The number of piperidine rings is 1. The number of benzene rings is 1. The van der Waals surface area contributed by atoms with E-state index >= 15 is 0 Å². The van der Waals surface area contributed by atoms with Gasteiger partial charge >= 0.3 is 0 Å². The molecule has 1 heterocycles. The lowest BCUT2D eigenvalue weighted by Crippen LogP contribution is -2.50. The molecule has 160 valence electrons. The molecular formula is C22H39IN4O. The number of rotatable bonds is 7. The molecule has 1 fully saturated rings. The van der Waals surface area contributed by atoms with Crippen molar-refractivity contribution in [3.63, 3.8) is 0 Å². The van der Waals surface area contributed by atoms with Gasteiger partial charge in [-0.25, -0.2) is 0 Å². The highest BCUT2D eigenvalue weighted by atomic mass is 127. The zero-order valence-electron chi connectivity index (χ0n) is 18.4. The van der Waals surface area contributed by atoms with E-state index in [1.54, 1.807) is 7.11 Å². The Labute approximate surface area is 188 Å². The van der Waals surface area contributed by atoms with Crippen LogP contribution in [0.4, 0.5) is 0 Å². The van der Waals surface area contributed by atoms with E-state index in [4.69, 9.17) is 4.74 Å². The minimum absolute atomic E-state index is 0. The third kappa shape index (κ3) is 7.78. The summed E-state index contributed by atoms with van der Waals surface area (Å²) < 4.78 is 5.37. The Balaban J connectivity index is 0.00000392. The average molecular weight is 502 g/mol. The number of methoxy groups -OCH3 is 1. The summed E-state index contributed by atoms with van der Waals surface area (Å²) in [6.45, 7) is 13.4. The summed E-state index contributed by atoms with van der Waals surface area (Å²) in [4.78, 5) is 7.01. The monoisotopic (exact) mass is 502 g/mol. The fraction of sp³-hybridized carbons (Fsp3) is 0.682. The first kappa shape index (κ1) is 25.0. The van der Waals surface area contributed by atoms with Crippen LogP contribution >= 0.6 is 24.0 Å². The maximum atomic E-state index is 5.37. The number of ether oxygens (including phenoxy) is 1. The van der Waals surface area contributed by atoms with Gasteiger partial charge in [0.15, 0.2) is 5.96 Å². The van der Waals surface area contributed by atoms with Crippen LogP contribution in [0, 0.1) is 5.92 Å². The first-order chi connectivity index (χ1) is 12.8. The summed E-state index contributed by atoms with van der Waals surface area (Å²) in [7, 11) is 3.56. The van der Waals surface area contributed by atoms with Gasteiger partial charge in [-0.3, -0.25) is 4.99 Å². The lowest BCUT2D eigenvalue weighted by Gasteiger charge is -2.34. The molecule has 2 rings (SSSR count). The molecule has 0 radical (unpaired) electrons. The molecule has 1 aromatic carbocycles. The smallest absolute Gasteiger partial charge is 0.191 e. The Morgan fingerprint density at radius 1 is 1.29 bits per heavy atom. The molecule has 1 aliphatic rings. The summed E-state index contributed by atoms with van der Waals surface area (Å²) in [5.74, 6) is 2.53. The van der Waals surface area contributed by atoms with Crippen molar-refractivity contribution in [2.75, 3.05) is 40.3 Å². The Morgan fingerprint density at radius 2 is 1.96 bits per heavy atom. The number of halogens is 1. The third-order valence-corrected chi connectivity index (χ3v) is 5.32. The maximum absolute atomic E-state index is 5.37. The number of hydrogen-bond donors (Lipinski definition) is 2. The van der Waals surface area contributed by atoms with Crippen molar-refractivity contribution in [2.24, 2.45) is 10.9 Å². The fourth-order valence-electron chi connectivity index (χ4n) is 3.62. The number of nitrogens with one attached hydrogen (secondary N) is 2. The van der Waals surface area contributed by atoms with E-state index in [0.717, 1.165) is 24.2 Å². The van der Waals surface area contributed by atoms with Crippen molar-refractivity contribution in [1.29, 1.82) is 0 Å². The van der Waals surface area contributed by atoms with Gasteiger partial charge in [0.1, 0.15) is 5.75 Å². The van der Waals surface area contributed by atoms with Crippen molar-refractivity contribution >= 4 is 29.9 Å². The van der Waals surface area contributed by atoms with Crippen LogP contribution in [0.15, 0.2) is 29.3 Å². The zero-order chi connectivity index (χ0) is 19.9.